The largest absolute Gasteiger partial charge is 0.377 e. The van der Waals surface area contributed by atoms with E-state index in [1.165, 1.54) is 12.1 Å². The van der Waals surface area contributed by atoms with E-state index in [0.29, 0.717) is 11.4 Å². The predicted octanol–water partition coefficient (Wildman–Crippen LogP) is 3.06. The van der Waals surface area contributed by atoms with Crippen LogP contribution in [0.15, 0.2) is 18.2 Å². The molecule has 3 nitrogen and oxygen atoms in total. The molecule has 1 unspecified atom stereocenters. The van der Waals surface area contributed by atoms with Crippen LogP contribution in [0, 0.1) is 5.82 Å². The van der Waals surface area contributed by atoms with E-state index in [1.807, 2.05) is 0 Å². The quantitative estimate of drug-likeness (QED) is 0.599. The molecule has 0 aromatic heterocycles. The lowest BCUT2D eigenvalue weighted by Gasteiger charge is -2.38. The molecule has 0 radical (unpaired) electrons. The van der Waals surface area contributed by atoms with Gasteiger partial charge in [-0.2, -0.15) is 0 Å². The molecule has 1 aromatic rings. The lowest BCUT2D eigenvalue weighted by Crippen LogP contribution is -2.55. The van der Waals surface area contributed by atoms with E-state index in [2.05, 4.69) is 19.3 Å². The zero-order valence-electron chi connectivity index (χ0n) is 11.7. The molecule has 1 rings (SSSR count). The minimum Gasteiger partial charge on any atom is -0.377 e. The molecule has 0 spiro atoms. The Hall–Kier alpha value is -0.680. The maximum Gasteiger partial charge on any atom is 0.124 e. The van der Waals surface area contributed by atoms with E-state index in [9.17, 15) is 4.39 Å². The third-order valence-corrected chi connectivity index (χ3v) is 4.23. The minimum atomic E-state index is -0.355. The highest BCUT2D eigenvalue weighted by molar-refractivity contribution is 6.31. The number of hydrazine groups is 1. The van der Waals surface area contributed by atoms with Crippen LogP contribution in [0.3, 0.4) is 0 Å². The fraction of sp³-hybridized carbons (Fsp3) is 0.571. The van der Waals surface area contributed by atoms with Gasteiger partial charge in [0.25, 0.3) is 0 Å². The first-order valence-corrected chi connectivity index (χ1v) is 6.86. The third-order valence-electron chi connectivity index (χ3n) is 3.88. The van der Waals surface area contributed by atoms with E-state index in [4.69, 9.17) is 22.2 Å². The summed E-state index contributed by atoms with van der Waals surface area (Å²) in [6.45, 7) is 4.12. The summed E-state index contributed by atoms with van der Waals surface area (Å²) in [5.41, 5.74) is 3.31. The smallest absolute Gasteiger partial charge is 0.124 e. The first-order valence-electron chi connectivity index (χ1n) is 6.48. The van der Waals surface area contributed by atoms with Crippen LogP contribution in [0.4, 0.5) is 4.39 Å². The van der Waals surface area contributed by atoms with Gasteiger partial charge in [-0.1, -0.05) is 31.5 Å². The van der Waals surface area contributed by atoms with E-state index in [0.717, 1.165) is 18.4 Å². The zero-order valence-corrected chi connectivity index (χ0v) is 12.4. The summed E-state index contributed by atoms with van der Waals surface area (Å²) in [5, 5.41) is 0.414. The summed E-state index contributed by atoms with van der Waals surface area (Å²) in [6.07, 6.45) is 2.24. The minimum absolute atomic E-state index is 0.0875. The molecule has 0 aliphatic heterocycles. The van der Waals surface area contributed by atoms with Crippen molar-refractivity contribution < 1.29 is 9.13 Å². The van der Waals surface area contributed by atoms with Crippen LogP contribution in [0.2, 0.25) is 5.02 Å². The average molecular weight is 289 g/mol. The first kappa shape index (κ1) is 16.4. The molecule has 0 amide bonds. The lowest BCUT2D eigenvalue weighted by atomic mass is 9.85. The fourth-order valence-corrected chi connectivity index (χ4v) is 2.72. The van der Waals surface area contributed by atoms with Crippen molar-refractivity contribution in [2.75, 3.05) is 7.11 Å². The monoisotopic (exact) mass is 288 g/mol. The van der Waals surface area contributed by atoms with Crippen LogP contribution in [0.5, 0.6) is 0 Å². The molecule has 0 aliphatic rings. The second-order valence-electron chi connectivity index (χ2n) is 4.64. The Labute approximate surface area is 119 Å². The number of benzene rings is 1. The second kappa shape index (κ2) is 7.20. The van der Waals surface area contributed by atoms with Crippen molar-refractivity contribution in [2.45, 2.75) is 44.8 Å². The lowest BCUT2D eigenvalue weighted by molar-refractivity contribution is -0.0472. The number of nitrogens with one attached hydrogen (secondary N) is 1. The Bertz CT molecular complexity index is 402. The molecular weight excluding hydrogens is 267 g/mol. The molecule has 5 heteroatoms. The van der Waals surface area contributed by atoms with Crippen LogP contribution < -0.4 is 11.3 Å². The first-order chi connectivity index (χ1) is 9.02. The van der Waals surface area contributed by atoms with Gasteiger partial charge in [-0.05, 0) is 37.0 Å². The molecule has 0 aliphatic carbocycles. The van der Waals surface area contributed by atoms with Crippen LogP contribution >= 0.6 is 11.6 Å². The van der Waals surface area contributed by atoms with E-state index in [1.54, 1.807) is 13.2 Å². The Morgan fingerprint density at radius 1 is 1.42 bits per heavy atom. The van der Waals surface area contributed by atoms with Gasteiger partial charge in [0.1, 0.15) is 5.82 Å². The van der Waals surface area contributed by atoms with Crippen molar-refractivity contribution in [1.82, 2.24) is 5.43 Å². The number of nitrogens with two attached hydrogens (primary N) is 1. The molecule has 0 heterocycles. The highest BCUT2D eigenvalue weighted by Gasteiger charge is 2.35. The number of hydrogen-bond acceptors (Lipinski definition) is 3. The molecule has 0 bridgehead atoms. The van der Waals surface area contributed by atoms with Gasteiger partial charge in [0, 0.05) is 12.1 Å². The van der Waals surface area contributed by atoms with Crippen LogP contribution in [-0.4, -0.2) is 18.8 Å². The van der Waals surface area contributed by atoms with Gasteiger partial charge in [-0.3, -0.25) is 11.3 Å². The maximum absolute atomic E-state index is 13.0. The number of hydrogen-bond donors (Lipinski definition) is 2. The third kappa shape index (κ3) is 3.66. The summed E-state index contributed by atoms with van der Waals surface area (Å²) in [6, 6.07) is 4.32. The highest BCUT2D eigenvalue weighted by atomic mass is 35.5. The fourth-order valence-electron chi connectivity index (χ4n) is 2.48. The van der Waals surface area contributed by atoms with Gasteiger partial charge in [0.2, 0.25) is 0 Å². The van der Waals surface area contributed by atoms with Crippen LogP contribution in [0.1, 0.15) is 32.3 Å². The molecule has 0 saturated carbocycles. The number of rotatable bonds is 7. The van der Waals surface area contributed by atoms with Gasteiger partial charge in [0.05, 0.1) is 11.6 Å². The SMILES string of the molecule is CCC(CC)(OC)C(Cc1ccc(F)cc1Cl)NN. The Kier molecular flexibility index (Phi) is 6.20. The normalized spacial score (nSPS) is 13.6. The van der Waals surface area contributed by atoms with Gasteiger partial charge in [0.15, 0.2) is 0 Å². The average Bonchev–Trinajstić information content (AvgIpc) is 2.42. The number of ether oxygens (including phenoxy) is 1. The van der Waals surface area contributed by atoms with Crippen molar-refractivity contribution in [2.24, 2.45) is 5.84 Å². The van der Waals surface area contributed by atoms with Gasteiger partial charge in [-0.15, -0.1) is 0 Å². The Morgan fingerprint density at radius 2 is 2.05 bits per heavy atom. The van der Waals surface area contributed by atoms with E-state index in [-0.39, 0.29) is 17.5 Å². The van der Waals surface area contributed by atoms with Crippen molar-refractivity contribution in [3.05, 3.63) is 34.6 Å². The summed E-state index contributed by atoms with van der Waals surface area (Å²) in [7, 11) is 1.68. The van der Waals surface area contributed by atoms with Gasteiger partial charge >= 0.3 is 0 Å². The summed E-state index contributed by atoms with van der Waals surface area (Å²) >= 11 is 6.06. The van der Waals surface area contributed by atoms with Crippen LogP contribution in [0.25, 0.3) is 0 Å². The summed E-state index contributed by atoms with van der Waals surface area (Å²) in [4.78, 5) is 0. The van der Waals surface area contributed by atoms with Crippen molar-refractivity contribution >= 4 is 11.6 Å². The molecule has 0 fully saturated rings. The number of methoxy groups -OCH3 is 1. The maximum atomic E-state index is 13.0. The van der Waals surface area contributed by atoms with Crippen LogP contribution in [-0.2, 0) is 11.2 Å². The van der Waals surface area contributed by atoms with Crippen molar-refractivity contribution in [1.29, 1.82) is 0 Å². The van der Waals surface area contributed by atoms with E-state index < -0.39 is 0 Å². The Morgan fingerprint density at radius 3 is 2.47 bits per heavy atom. The molecule has 19 heavy (non-hydrogen) atoms. The second-order valence-corrected chi connectivity index (χ2v) is 5.04. The Balaban J connectivity index is 2.98. The standard InChI is InChI=1S/C14H22ClFN2O/c1-4-14(5-2,19-3)13(18-17)8-10-6-7-11(16)9-12(10)15/h6-7,9,13,18H,4-5,8,17H2,1-3H3. The molecule has 1 aromatic carbocycles. The molecule has 1 atom stereocenters. The predicted molar refractivity (Wildman–Crippen MR) is 76.5 cm³/mol. The molecule has 108 valence electrons. The van der Waals surface area contributed by atoms with Gasteiger partial charge < -0.3 is 4.74 Å². The highest BCUT2D eigenvalue weighted by Crippen LogP contribution is 2.28. The van der Waals surface area contributed by atoms with E-state index >= 15 is 0 Å². The number of halogens is 2. The molecule has 0 saturated heterocycles. The van der Waals surface area contributed by atoms with Gasteiger partial charge in [-0.25, -0.2) is 4.39 Å². The summed E-state index contributed by atoms with van der Waals surface area (Å²) < 4.78 is 18.7. The van der Waals surface area contributed by atoms with Crippen molar-refractivity contribution in [3.8, 4) is 0 Å². The molecule has 3 N–H and O–H groups in total. The summed E-state index contributed by atoms with van der Waals surface area (Å²) in [5.74, 6) is 5.33. The molecular formula is C14H22ClFN2O. The van der Waals surface area contributed by atoms with Crippen molar-refractivity contribution in [3.63, 3.8) is 0 Å². The zero-order chi connectivity index (χ0) is 14.5. The topological polar surface area (TPSA) is 47.3 Å².